The normalized spacial score (nSPS) is 8.58. The number of halogens is 1. The first-order valence-electron chi connectivity index (χ1n) is 8.81. The predicted octanol–water partition coefficient (Wildman–Crippen LogP) is 4.99. The standard InChI is InChI=1S/C13H10BFN4.3C2H6.CH4/c14-10-5-4-9(11(15)7-10)8-16-13-18-17-12-3-1-2-6-19(12)13;3*1-2;/h1-7H,8H2,(H,16,18);3*1-2H3;1H4. The van der Waals surface area contributed by atoms with Gasteiger partial charge >= 0.3 is 0 Å². The molecule has 6 heteroatoms. The molecule has 26 heavy (non-hydrogen) atoms. The van der Waals surface area contributed by atoms with E-state index in [1.807, 2.05) is 65.9 Å². The molecule has 1 aromatic carbocycles. The number of aromatic nitrogens is 3. The number of nitrogens with zero attached hydrogens (tertiary/aromatic N) is 3. The highest BCUT2D eigenvalue weighted by Gasteiger charge is 2.06. The number of rotatable bonds is 3. The molecule has 1 N–H and O–H groups in total. The molecule has 2 heterocycles. The summed E-state index contributed by atoms with van der Waals surface area (Å²) >= 11 is 0. The van der Waals surface area contributed by atoms with Crippen LogP contribution in [0.25, 0.3) is 5.65 Å². The zero-order valence-electron chi connectivity index (χ0n) is 16.0. The zero-order chi connectivity index (χ0) is 19.2. The Morgan fingerprint density at radius 2 is 1.65 bits per heavy atom. The van der Waals surface area contributed by atoms with Gasteiger partial charge in [-0.2, -0.15) is 0 Å². The van der Waals surface area contributed by atoms with E-state index in [-0.39, 0.29) is 13.2 Å². The fourth-order valence-electron chi connectivity index (χ4n) is 1.84. The number of nitrogens with one attached hydrogen (secondary N) is 1. The van der Waals surface area contributed by atoms with E-state index < -0.39 is 0 Å². The molecule has 0 spiro atoms. The van der Waals surface area contributed by atoms with Gasteiger partial charge in [0.05, 0.1) is 0 Å². The highest BCUT2D eigenvalue weighted by atomic mass is 19.1. The van der Waals surface area contributed by atoms with Crippen LogP contribution in [0, 0.1) is 5.82 Å². The maximum atomic E-state index is 13.6. The first-order valence-corrected chi connectivity index (χ1v) is 8.81. The molecule has 0 amide bonds. The van der Waals surface area contributed by atoms with Gasteiger partial charge in [-0.3, -0.25) is 4.40 Å². The third kappa shape index (κ3) is 7.25. The quantitative estimate of drug-likeness (QED) is 0.671. The van der Waals surface area contributed by atoms with Crippen LogP contribution in [-0.2, 0) is 6.54 Å². The Labute approximate surface area is 159 Å². The molecule has 4 nitrogen and oxygen atoms in total. The molecule has 3 rings (SSSR count). The third-order valence-electron chi connectivity index (χ3n) is 2.83. The number of hydrogen-bond acceptors (Lipinski definition) is 3. The van der Waals surface area contributed by atoms with Crippen molar-refractivity contribution in [2.24, 2.45) is 0 Å². The van der Waals surface area contributed by atoms with Crippen molar-refractivity contribution in [2.75, 3.05) is 5.32 Å². The van der Waals surface area contributed by atoms with E-state index in [1.165, 1.54) is 6.07 Å². The van der Waals surface area contributed by atoms with Crippen LogP contribution in [0.2, 0.25) is 0 Å². The minimum absolute atomic E-state index is 0. The monoisotopic (exact) mass is 358 g/mol. The fraction of sp³-hybridized carbons (Fsp3) is 0.400. The van der Waals surface area contributed by atoms with Gasteiger partial charge in [-0.1, -0.05) is 72.6 Å². The average molecular weight is 358 g/mol. The van der Waals surface area contributed by atoms with Gasteiger partial charge in [-0.25, -0.2) is 4.39 Å². The van der Waals surface area contributed by atoms with E-state index in [9.17, 15) is 4.39 Å². The van der Waals surface area contributed by atoms with E-state index in [4.69, 9.17) is 7.85 Å². The van der Waals surface area contributed by atoms with Crippen LogP contribution in [0.15, 0.2) is 42.6 Å². The summed E-state index contributed by atoms with van der Waals surface area (Å²) in [4.78, 5) is 0. The minimum Gasteiger partial charge on any atom is -0.350 e. The van der Waals surface area contributed by atoms with E-state index in [1.54, 1.807) is 16.5 Å². The molecule has 2 aromatic heterocycles. The number of hydrogen-bond donors (Lipinski definition) is 1. The van der Waals surface area contributed by atoms with Gasteiger partial charge in [0.2, 0.25) is 5.95 Å². The van der Waals surface area contributed by atoms with Crippen LogP contribution < -0.4 is 10.8 Å². The maximum Gasteiger partial charge on any atom is 0.229 e. The molecular formula is C20H32BFN4. The summed E-state index contributed by atoms with van der Waals surface area (Å²) in [5, 5.41) is 11.1. The number of fused-ring (bicyclic) bond motifs is 1. The first kappa shape index (κ1) is 25.9. The zero-order valence-corrected chi connectivity index (χ0v) is 16.0. The number of pyridine rings is 1. The Kier molecular flexibility index (Phi) is 14.9. The summed E-state index contributed by atoms with van der Waals surface area (Å²) in [6.45, 7) is 12.3. The van der Waals surface area contributed by atoms with Crippen LogP contribution in [-0.4, -0.2) is 22.4 Å². The summed E-state index contributed by atoms with van der Waals surface area (Å²) < 4.78 is 15.4. The molecule has 0 aliphatic rings. The SMILES string of the molecule is C.CC.CC.CC.[B]c1ccc(CNc2nnc3ccccn23)c(F)c1. The molecular weight excluding hydrogens is 326 g/mol. The lowest BCUT2D eigenvalue weighted by atomic mass is 9.95. The summed E-state index contributed by atoms with van der Waals surface area (Å²) in [7, 11) is 5.51. The lowest BCUT2D eigenvalue weighted by Crippen LogP contribution is -2.09. The molecule has 0 fully saturated rings. The second-order valence-electron chi connectivity index (χ2n) is 4.16. The summed E-state index contributed by atoms with van der Waals surface area (Å²) in [6, 6.07) is 10.2. The smallest absolute Gasteiger partial charge is 0.229 e. The number of anilines is 1. The molecule has 0 saturated carbocycles. The highest BCUT2D eigenvalue weighted by molar-refractivity contribution is 6.32. The van der Waals surface area contributed by atoms with Crippen LogP contribution in [0.4, 0.5) is 10.3 Å². The van der Waals surface area contributed by atoms with Gasteiger partial charge in [0.1, 0.15) is 13.7 Å². The van der Waals surface area contributed by atoms with Crippen molar-refractivity contribution >= 4 is 24.9 Å². The van der Waals surface area contributed by atoms with E-state index in [2.05, 4.69) is 15.5 Å². The summed E-state index contributed by atoms with van der Waals surface area (Å²) in [5.41, 5.74) is 1.68. The summed E-state index contributed by atoms with van der Waals surface area (Å²) in [5.74, 6) is 0.244. The second kappa shape index (κ2) is 14.9. The first-order chi connectivity index (χ1) is 12.2. The Morgan fingerprint density at radius 3 is 2.27 bits per heavy atom. The van der Waals surface area contributed by atoms with Crippen molar-refractivity contribution in [2.45, 2.75) is 55.5 Å². The summed E-state index contributed by atoms with van der Waals surface area (Å²) in [6.07, 6.45) is 1.84. The third-order valence-corrected chi connectivity index (χ3v) is 2.83. The van der Waals surface area contributed by atoms with E-state index >= 15 is 0 Å². The van der Waals surface area contributed by atoms with Gasteiger partial charge in [0.15, 0.2) is 5.65 Å². The van der Waals surface area contributed by atoms with Crippen LogP contribution >= 0.6 is 0 Å². The van der Waals surface area contributed by atoms with Crippen molar-refractivity contribution in [1.82, 2.24) is 14.6 Å². The van der Waals surface area contributed by atoms with Crippen LogP contribution in [0.3, 0.4) is 0 Å². The van der Waals surface area contributed by atoms with Gasteiger partial charge in [-0.15, -0.1) is 10.2 Å². The molecule has 3 aromatic rings. The maximum absolute atomic E-state index is 13.6. The molecule has 2 radical (unpaired) electrons. The van der Waals surface area contributed by atoms with Gasteiger partial charge in [0.25, 0.3) is 0 Å². The predicted molar refractivity (Wildman–Crippen MR) is 113 cm³/mol. The Balaban J connectivity index is 0. The molecule has 0 saturated heterocycles. The van der Waals surface area contributed by atoms with Gasteiger partial charge in [-0.05, 0) is 18.2 Å². The van der Waals surface area contributed by atoms with Crippen LogP contribution in [0.5, 0.6) is 0 Å². The van der Waals surface area contributed by atoms with Crippen molar-refractivity contribution in [3.63, 3.8) is 0 Å². The Morgan fingerprint density at radius 1 is 1.00 bits per heavy atom. The van der Waals surface area contributed by atoms with Crippen molar-refractivity contribution in [3.8, 4) is 0 Å². The second-order valence-corrected chi connectivity index (χ2v) is 4.16. The Bertz CT molecular complexity index is 729. The molecule has 0 bridgehead atoms. The van der Waals surface area contributed by atoms with Crippen LogP contribution in [0.1, 0.15) is 54.5 Å². The fourth-order valence-corrected chi connectivity index (χ4v) is 1.84. The van der Waals surface area contributed by atoms with Crippen molar-refractivity contribution in [1.29, 1.82) is 0 Å². The highest BCUT2D eigenvalue weighted by Crippen LogP contribution is 2.10. The molecule has 0 unspecified atom stereocenters. The van der Waals surface area contributed by atoms with Crippen molar-refractivity contribution in [3.05, 3.63) is 54.0 Å². The Hall–Kier alpha value is -2.37. The van der Waals surface area contributed by atoms with Gasteiger partial charge in [0, 0.05) is 18.3 Å². The van der Waals surface area contributed by atoms with E-state index in [0.717, 1.165) is 5.65 Å². The minimum atomic E-state index is -0.332. The van der Waals surface area contributed by atoms with Gasteiger partial charge < -0.3 is 5.32 Å². The number of benzene rings is 1. The topological polar surface area (TPSA) is 42.2 Å². The van der Waals surface area contributed by atoms with E-state index in [0.29, 0.717) is 23.5 Å². The van der Waals surface area contributed by atoms with Crippen molar-refractivity contribution < 1.29 is 4.39 Å². The molecule has 0 atom stereocenters. The molecule has 0 aliphatic carbocycles. The molecule has 142 valence electrons. The average Bonchev–Trinajstić information content (AvgIpc) is 3.09. The largest absolute Gasteiger partial charge is 0.350 e. The lowest BCUT2D eigenvalue weighted by molar-refractivity contribution is 0.614. The lowest BCUT2D eigenvalue weighted by Gasteiger charge is -2.06. The molecule has 0 aliphatic heterocycles.